The standard InChI is InChI=1S/C30H27ClF3N3O4/c1-18-24(17-41-29(2,3)28(40)35-16-19-8-10-21(11-9-19)27(38)39)36-37(25-7-5-4-6-23(25)31)26(18)20-12-14-22(15-13-20)30(32,33)34/h4-15H,16-17H2,1-3H3,(H,35,40)(H,38,39). The van der Waals surface area contributed by atoms with E-state index in [2.05, 4.69) is 10.4 Å². The van der Waals surface area contributed by atoms with Crippen molar-refractivity contribution in [3.8, 4) is 16.9 Å². The number of hydrogen-bond donors (Lipinski definition) is 2. The minimum atomic E-state index is -4.47. The maximum absolute atomic E-state index is 13.2. The van der Waals surface area contributed by atoms with Gasteiger partial charge in [0.25, 0.3) is 5.91 Å². The van der Waals surface area contributed by atoms with Crippen LogP contribution in [0.25, 0.3) is 16.9 Å². The van der Waals surface area contributed by atoms with Gasteiger partial charge in [-0.2, -0.15) is 18.3 Å². The van der Waals surface area contributed by atoms with Crippen molar-refractivity contribution in [1.29, 1.82) is 0 Å². The summed E-state index contributed by atoms with van der Waals surface area (Å²) in [7, 11) is 0. The molecule has 11 heteroatoms. The number of carboxylic acids is 1. The predicted molar refractivity (Wildman–Crippen MR) is 148 cm³/mol. The Labute approximate surface area is 239 Å². The van der Waals surface area contributed by atoms with E-state index < -0.39 is 29.2 Å². The van der Waals surface area contributed by atoms with E-state index in [1.54, 1.807) is 61.9 Å². The van der Waals surface area contributed by atoms with Crippen molar-refractivity contribution in [2.45, 2.75) is 45.7 Å². The smallest absolute Gasteiger partial charge is 0.416 e. The third kappa shape index (κ3) is 6.78. The first-order valence-electron chi connectivity index (χ1n) is 12.5. The molecule has 214 valence electrons. The fraction of sp³-hybridized carbons (Fsp3) is 0.233. The minimum absolute atomic E-state index is 0.0648. The van der Waals surface area contributed by atoms with Gasteiger partial charge in [-0.15, -0.1) is 0 Å². The highest BCUT2D eigenvalue weighted by Gasteiger charge is 2.31. The van der Waals surface area contributed by atoms with Gasteiger partial charge >= 0.3 is 12.1 Å². The molecule has 0 fully saturated rings. The van der Waals surface area contributed by atoms with Gasteiger partial charge in [0, 0.05) is 17.7 Å². The molecule has 4 rings (SSSR count). The van der Waals surface area contributed by atoms with Crippen LogP contribution in [0.1, 0.15) is 46.6 Å². The Morgan fingerprint density at radius 3 is 2.22 bits per heavy atom. The average molecular weight is 586 g/mol. The Morgan fingerprint density at radius 2 is 1.63 bits per heavy atom. The first-order valence-corrected chi connectivity index (χ1v) is 12.9. The Hall–Kier alpha value is -4.15. The molecule has 0 radical (unpaired) electrons. The monoisotopic (exact) mass is 585 g/mol. The molecule has 7 nitrogen and oxygen atoms in total. The third-order valence-electron chi connectivity index (χ3n) is 6.56. The van der Waals surface area contributed by atoms with Gasteiger partial charge in [-0.3, -0.25) is 4.79 Å². The van der Waals surface area contributed by atoms with E-state index >= 15 is 0 Å². The maximum atomic E-state index is 13.2. The topological polar surface area (TPSA) is 93.4 Å². The van der Waals surface area contributed by atoms with E-state index in [0.717, 1.165) is 17.7 Å². The van der Waals surface area contributed by atoms with Gasteiger partial charge in [0.1, 0.15) is 5.60 Å². The molecule has 0 bridgehead atoms. The van der Waals surface area contributed by atoms with Gasteiger partial charge in [-0.05, 0) is 62.7 Å². The summed E-state index contributed by atoms with van der Waals surface area (Å²) in [5.41, 5.74) is 1.53. The molecule has 3 aromatic carbocycles. The Bertz CT molecular complexity index is 1560. The summed E-state index contributed by atoms with van der Waals surface area (Å²) in [5.74, 6) is -1.44. The van der Waals surface area contributed by atoms with Crippen molar-refractivity contribution >= 4 is 23.5 Å². The summed E-state index contributed by atoms with van der Waals surface area (Å²) in [6.45, 7) is 5.09. The van der Waals surface area contributed by atoms with Crippen molar-refractivity contribution in [1.82, 2.24) is 15.1 Å². The molecule has 0 unspecified atom stereocenters. The van der Waals surface area contributed by atoms with E-state index in [0.29, 0.717) is 33.2 Å². The number of carbonyl (C=O) groups is 2. The summed E-state index contributed by atoms with van der Waals surface area (Å²) >= 11 is 6.44. The number of alkyl halides is 3. The van der Waals surface area contributed by atoms with Gasteiger partial charge in [0.05, 0.1) is 39.8 Å². The van der Waals surface area contributed by atoms with Crippen LogP contribution in [0, 0.1) is 6.92 Å². The van der Waals surface area contributed by atoms with Gasteiger partial charge in [0.2, 0.25) is 0 Å². The molecule has 1 amide bonds. The summed E-state index contributed by atoms with van der Waals surface area (Å²) in [6.07, 6.45) is -4.47. The van der Waals surface area contributed by atoms with Crippen LogP contribution < -0.4 is 5.32 Å². The lowest BCUT2D eigenvalue weighted by Gasteiger charge is -2.24. The number of para-hydroxylation sites is 1. The van der Waals surface area contributed by atoms with Gasteiger partial charge in [0.15, 0.2) is 0 Å². The molecule has 0 atom stereocenters. The van der Waals surface area contributed by atoms with Crippen LogP contribution in [0.4, 0.5) is 13.2 Å². The van der Waals surface area contributed by atoms with Crippen molar-refractivity contribution < 1.29 is 32.6 Å². The summed E-state index contributed by atoms with van der Waals surface area (Å²) in [4.78, 5) is 24.0. The second-order valence-electron chi connectivity index (χ2n) is 9.84. The zero-order chi connectivity index (χ0) is 29.9. The predicted octanol–water partition coefficient (Wildman–Crippen LogP) is 6.83. The number of aromatic nitrogens is 2. The molecular weight excluding hydrogens is 559 g/mol. The molecule has 4 aromatic rings. The van der Waals surface area contributed by atoms with Crippen molar-refractivity contribution in [2.24, 2.45) is 0 Å². The molecule has 0 aliphatic carbocycles. The van der Waals surface area contributed by atoms with Gasteiger partial charge in [-0.25, -0.2) is 9.48 Å². The maximum Gasteiger partial charge on any atom is 0.416 e. The molecule has 0 aliphatic rings. The SMILES string of the molecule is Cc1c(COC(C)(C)C(=O)NCc2ccc(C(=O)O)cc2)nn(-c2ccccc2Cl)c1-c1ccc(C(F)(F)F)cc1. The van der Waals surface area contributed by atoms with Crippen molar-refractivity contribution in [2.75, 3.05) is 0 Å². The summed E-state index contributed by atoms with van der Waals surface area (Å²) < 4.78 is 47.1. The number of nitrogens with one attached hydrogen (secondary N) is 1. The number of halogens is 4. The van der Waals surface area contributed by atoms with Crippen LogP contribution in [0.15, 0.2) is 72.8 Å². The molecule has 0 spiro atoms. The molecule has 0 saturated heterocycles. The lowest BCUT2D eigenvalue weighted by atomic mass is 10.0. The first kappa shape index (κ1) is 29.8. The number of benzene rings is 3. The van der Waals surface area contributed by atoms with Crippen LogP contribution in [0.3, 0.4) is 0 Å². The molecule has 1 aromatic heterocycles. The molecular formula is C30H27ClF3N3O4. The highest BCUT2D eigenvalue weighted by molar-refractivity contribution is 6.32. The van der Waals surface area contributed by atoms with E-state index in [4.69, 9.17) is 21.4 Å². The fourth-order valence-corrected chi connectivity index (χ4v) is 4.32. The number of amides is 1. The number of hydrogen-bond acceptors (Lipinski definition) is 4. The van der Waals surface area contributed by atoms with E-state index in [1.807, 2.05) is 0 Å². The van der Waals surface area contributed by atoms with Crippen LogP contribution in [0.2, 0.25) is 5.02 Å². The van der Waals surface area contributed by atoms with Crippen LogP contribution >= 0.6 is 11.6 Å². The van der Waals surface area contributed by atoms with Gasteiger partial charge < -0.3 is 15.2 Å². The lowest BCUT2D eigenvalue weighted by molar-refractivity contribution is -0.144. The average Bonchev–Trinajstić information content (AvgIpc) is 3.26. The van der Waals surface area contributed by atoms with Crippen LogP contribution in [-0.2, 0) is 28.9 Å². The van der Waals surface area contributed by atoms with Crippen LogP contribution in [0.5, 0.6) is 0 Å². The molecule has 0 aliphatic heterocycles. The number of nitrogens with zero attached hydrogens (tertiary/aromatic N) is 2. The molecule has 2 N–H and O–H groups in total. The van der Waals surface area contributed by atoms with E-state index in [-0.39, 0.29) is 18.7 Å². The number of carboxylic acid groups (broad SMARTS) is 1. The first-order chi connectivity index (χ1) is 19.3. The Balaban J connectivity index is 1.56. The second kappa shape index (κ2) is 11.8. The number of carbonyl (C=O) groups excluding carboxylic acids is 1. The third-order valence-corrected chi connectivity index (χ3v) is 6.88. The zero-order valence-electron chi connectivity index (χ0n) is 22.4. The summed E-state index contributed by atoms with van der Waals surface area (Å²) in [6, 6.07) is 17.9. The quantitative estimate of drug-likeness (QED) is 0.225. The minimum Gasteiger partial charge on any atom is -0.478 e. The Morgan fingerprint density at radius 1 is 1.00 bits per heavy atom. The van der Waals surface area contributed by atoms with E-state index in [1.165, 1.54) is 24.3 Å². The molecule has 0 saturated carbocycles. The second-order valence-corrected chi connectivity index (χ2v) is 10.2. The highest BCUT2D eigenvalue weighted by Crippen LogP contribution is 2.35. The van der Waals surface area contributed by atoms with Crippen LogP contribution in [-0.4, -0.2) is 32.4 Å². The largest absolute Gasteiger partial charge is 0.478 e. The molecule has 1 heterocycles. The molecule has 41 heavy (non-hydrogen) atoms. The van der Waals surface area contributed by atoms with E-state index in [9.17, 15) is 22.8 Å². The van der Waals surface area contributed by atoms with Gasteiger partial charge in [-0.1, -0.05) is 48.0 Å². The Kier molecular flexibility index (Phi) is 8.55. The van der Waals surface area contributed by atoms with Crippen molar-refractivity contribution in [3.63, 3.8) is 0 Å². The number of rotatable bonds is 9. The van der Waals surface area contributed by atoms with Crippen molar-refractivity contribution in [3.05, 3.63) is 106 Å². The highest BCUT2D eigenvalue weighted by atomic mass is 35.5. The summed E-state index contributed by atoms with van der Waals surface area (Å²) in [5, 5.41) is 16.9. The normalized spacial score (nSPS) is 11.9. The zero-order valence-corrected chi connectivity index (χ0v) is 23.2. The lowest BCUT2D eigenvalue weighted by Crippen LogP contribution is -2.43. The number of ether oxygens (including phenoxy) is 1. The number of aromatic carboxylic acids is 1. The fourth-order valence-electron chi connectivity index (χ4n) is 4.11.